The summed E-state index contributed by atoms with van der Waals surface area (Å²) in [6, 6.07) is 12.9. The van der Waals surface area contributed by atoms with E-state index < -0.39 is 0 Å². The van der Waals surface area contributed by atoms with Crippen LogP contribution in [0.4, 0.5) is 4.39 Å². The second-order valence-electron chi connectivity index (χ2n) is 7.73. The minimum Gasteiger partial charge on any atom is -0.467 e. The number of rotatable bonds is 6. The molecule has 0 N–H and O–H groups in total. The molecule has 7 heteroatoms. The molecular weight excluding hydrogens is 397 g/mol. The highest BCUT2D eigenvalue weighted by Gasteiger charge is 2.32. The topological polar surface area (TPSA) is 66.7 Å². The Hall–Kier alpha value is -3.48. The van der Waals surface area contributed by atoms with Gasteiger partial charge in [-0.1, -0.05) is 6.07 Å². The Morgan fingerprint density at radius 1 is 1.13 bits per heavy atom. The van der Waals surface area contributed by atoms with Crippen LogP contribution in [-0.4, -0.2) is 39.7 Å². The van der Waals surface area contributed by atoms with E-state index in [0.717, 1.165) is 12.0 Å². The normalized spacial score (nSPS) is 16.2. The molecule has 1 aliphatic heterocycles. The molecule has 1 atom stereocenters. The van der Waals surface area contributed by atoms with Gasteiger partial charge in [0.1, 0.15) is 11.6 Å². The van der Waals surface area contributed by atoms with E-state index in [1.807, 2.05) is 18.2 Å². The van der Waals surface area contributed by atoms with Crippen molar-refractivity contribution in [3.63, 3.8) is 0 Å². The average molecular weight is 421 g/mol. The van der Waals surface area contributed by atoms with Crippen LogP contribution in [0.25, 0.3) is 0 Å². The van der Waals surface area contributed by atoms with Gasteiger partial charge >= 0.3 is 0 Å². The molecule has 1 fully saturated rings. The van der Waals surface area contributed by atoms with Crippen LogP contribution in [0.1, 0.15) is 34.5 Å². The van der Waals surface area contributed by atoms with Gasteiger partial charge in [-0.15, -0.1) is 0 Å². The van der Waals surface area contributed by atoms with E-state index >= 15 is 0 Å². The zero-order valence-corrected chi connectivity index (χ0v) is 17.1. The van der Waals surface area contributed by atoms with Gasteiger partial charge in [-0.2, -0.15) is 0 Å². The van der Waals surface area contributed by atoms with Gasteiger partial charge in [-0.3, -0.25) is 14.6 Å². The number of furan rings is 1. The molecule has 1 aromatic carbocycles. The molecule has 2 aromatic heterocycles. The van der Waals surface area contributed by atoms with E-state index in [9.17, 15) is 14.0 Å². The average Bonchev–Trinajstić information content (AvgIpc) is 3.32. The van der Waals surface area contributed by atoms with Crippen LogP contribution in [0.15, 0.2) is 71.6 Å². The van der Waals surface area contributed by atoms with Crippen molar-refractivity contribution >= 4 is 11.8 Å². The maximum atomic E-state index is 13.5. The van der Waals surface area contributed by atoms with Crippen molar-refractivity contribution in [2.45, 2.75) is 25.9 Å². The molecule has 0 radical (unpaired) electrons. The molecule has 4 rings (SSSR count). The van der Waals surface area contributed by atoms with Crippen LogP contribution >= 0.6 is 0 Å². The SMILES string of the molecule is O=C(c1ccc(F)cc1)N1CCCC(C(=O)N(Cc2cccnc2)Cc2ccco2)C1. The largest absolute Gasteiger partial charge is 0.467 e. The summed E-state index contributed by atoms with van der Waals surface area (Å²) in [7, 11) is 0. The van der Waals surface area contributed by atoms with Crippen molar-refractivity contribution in [1.82, 2.24) is 14.8 Å². The molecule has 0 aliphatic carbocycles. The smallest absolute Gasteiger partial charge is 0.253 e. The number of carbonyl (C=O) groups is 2. The lowest BCUT2D eigenvalue weighted by molar-refractivity contribution is -0.138. The molecule has 160 valence electrons. The van der Waals surface area contributed by atoms with Crippen LogP contribution < -0.4 is 0 Å². The number of hydrogen-bond donors (Lipinski definition) is 0. The lowest BCUT2D eigenvalue weighted by atomic mass is 9.95. The Morgan fingerprint density at radius 2 is 1.97 bits per heavy atom. The lowest BCUT2D eigenvalue weighted by Gasteiger charge is -2.35. The van der Waals surface area contributed by atoms with E-state index in [1.165, 1.54) is 24.3 Å². The number of carbonyl (C=O) groups excluding carboxylic acids is 2. The Bertz CT molecular complexity index is 1010. The first-order chi connectivity index (χ1) is 15.1. The number of piperidine rings is 1. The number of nitrogens with zero attached hydrogens (tertiary/aromatic N) is 3. The Kier molecular flexibility index (Phi) is 6.40. The molecule has 3 aromatic rings. The van der Waals surface area contributed by atoms with E-state index in [2.05, 4.69) is 4.98 Å². The first kappa shape index (κ1) is 20.8. The summed E-state index contributed by atoms with van der Waals surface area (Å²) in [6.07, 6.45) is 6.49. The summed E-state index contributed by atoms with van der Waals surface area (Å²) in [6.45, 7) is 1.69. The number of aromatic nitrogens is 1. The zero-order chi connectivity index (χ0) is 21.6. The van der Waals surface area contributed by atoms with Gasteiger partial charge in [0.2, 0.25) is 5.91 Å². The zero-order valence-electron chi connectivity index (χ0n) is 17.1. The van der Waals surface area contributed by atoms with Gasteiger partial charge in [0.25, 0.3) is 5.91 Å². The fourth-order valence-electron chi connectivity index (χ4n) is 3.91. The van der Waals surface area contributed by atoms with Gasteiger partial charge < -0.3 is 14.2 Å². The van der Waals surface area contributed by atoms with E-state index in [-0.39, 0.29) is 23.5 Å². The first-order valence-corrected chi connectivity index (χ1v) is 10.3. The molecule has 3 heterocycles. The summed E-state index contributed by atoms with van der Waals surface area (Å²) in [5, 5.41) is 0. The number of likely N-dealkylation sites (tertiary alicyclic amines) is 1. The van der Waals surface area contributed by atoms with Gasteiger partial charge in [0.15, 0.2) is 0 Å². The third-order valence-corrected chi connectivity index (χ3v) is 5.48. The van der Waals surface area contributed by atoms with Crippen molar-refractivity contribution in [2.24, 2.45) is 5.92 Å². The Labute approximate surface area is 180 Å². The van der Waals surface area contributed by atoms with E-state index in [0.29, 0.717) is 43.9 Å². The molecule has 1 unspecified atom stereocenters. The third-order valence-electron chi connectivity index (χ3n) is 5.48. The van der Waals surface area contributed by atoms with Crippen LogP contribution in [0.3, 0.4) is 0 Å². The van der Waals surface area contributed by atoms with Crippen molar-refractivity contribution in [3.8, 4) is 0 Å². The van der Waals surface area contributed by atoms with E-state index in [1.54, 1.807) is 34.5 Å². The van der Waals surface area contributed by atoms with Crippen LogP contribution in [0.5, 0.6) is 0 Å². The van der Waals surface area contributed by atoms with Gasteiger partial charge in [-0.25, -0.2) is 4.39 Å². The predicted octanol–water partition coefficient (Wildman–Crippen LogP) is 3.89. The molecule has 0 spiro atoms. The summed E-state index contributed by atoms with van der Waals surface area (Å²) in [5.74, 6) is -0.177. The molecule has 0 saturated carbocycles. The fraction of sp³-hybridized carbons (Fsp3) is 0.292. The number of benzene rings is 1. The van der Waals surface area contributed by atoms with Crippen LogP contribution in [0, 0.1) is 11.7 Å². The quantitative estimate of drug-likeness (QED) is 0.606. The fourth-order valence-corrected chi connectivity index (χ4v) is 3.91. The Balaban J connectivity index is 1.48. The van der Waals surface area contributed by atoms with Gasteiger partial charge in [-0.05, 0) is 60.9 Å². The summed E-state index contributed by atoms with van der Waals surface area (Å²) < 4.78 is 18.7. The number of hydrogen-bond acceptors (Lipinski definition) is 4. The van der Waals surface area contributed by atoms with Crippen molar-refractivity contribution in [1.29, 1.82) is 0 Å². The number of pyridine rings is 1. The standard InChI is InChI=1S/C24H24FN3O3/c25-21-9-7-19(8-10-21)23(29)27-12-2-5-20(16-27)24(30)28(17-22-6-3-13-31-22)15-18-4-1-11-26-14-18/h1,3-4,6-11,13-14,20H,2,5,12,15-17H2. The molecule has 2 amide bonds. The molecule has 31 heavy (non-hydrogen) atoms. The van der Waals surface area contributed by atoms with Crippen molar-refractivity contribution in [3.05, 3.63) is 89.9 Å². The minimum atomic E-state index is -0.382. The maximum Gasteiger partial charge on any atom is 0.253 e. The second kappa shape index (κ2) is 9.55. The number of amides is 2. The van der Waals surface area contributed by atoms with Crippen LogP contribution in [-0.2, 0) is 17.9 Å². The highest BCUT2D eigenvalue weighted by atomic mass is 19.1. The van der Waals surface area contributed by atoms with E-state index in [4.69, 9.17) is 4.42 Å². The summed E-state index contributed by atoms with van der Waals surface area (Å²) in [5.41, 5.74) is 1.36. The minimum absolute atomic E-state index is 0.0168. The first-order valence-electron chi connectivity index (χ1n) is 10.3. The van der Waals surface area contributed by atoms with Crippen molar-refractivity contribution < 1.29 is 18.4 Å². The van der Waals surface area contributed by atoms with Crippen LogP contribution in [0.2, 0.25) is 0 Å². The highest BCUT2D eigenvalue weighted by molar-refractivity contribution is 5.94. The monoisotopic (exact) mass is 421 g/mol. The molecule has 1 saturated heterocycles. The third kappa shape index (κ3) is 5.17. The number of halogens is 1. The predicted molar refractivity (Wildman–Crippen MR) is 112 cm³/mol. The highest BCUT2D eigenvalue weighted by Crippen LogP contribution is 2.23. The maximum absolute atomic E-state index is 13.5. The molecule has 0 bridgehead atoms. The lowest BCUT2D eigenvalue weighted by Crippen LogP contribution is -2.46. The molecule has 1 aliphatic rings. The molecule has 6 nitrogen and oxygen atoms in total. The van der Waals surface area contributed by atoms with Gasteiger partial charge in [0.05, 0.1) is 18.7 Å². The Morgan fingerprint density at radius 3 is 2.68 bits per heavy atom. The second-order valence-corrected chi connectivity index (χ2v) is 7.73. The molecular formula is C24H24FN3O3. The summed E-state index contributed by atoms with van der Waals surface area (Å²) in [4.78, 5) is 33.9. The summed E-state index contributed by atoms with van der Waals surface area (Å²) >= 11 is 0. The van der Waals surface area contributed by atoms with Crippen molar-refractivity contribution in [2.75, 3.05) is 13.1 Å². The van der Waals surface area contributed by atoms with Gasteiger partial charge in [0, 0.05) is 37.6 Å².